The largest absolute Gasteiger partial charge is 0.464 e. The van der Waals surface area contributed by atoms with Crippen molar-refractivity contribution in [2.45, 2.75) is 51.6 Å². The van der Waals surface area contributed by atoms with Crippen molar-refractivity contribution in [1.82, 2.24) is 0 Å². The van der Waals surface area contributed by atoms with Crippen LogP contribution in [0.3, 0.4) is 0 Å². The van der Waals surface area contributed by atoms with E-state index in [-0.39, 0.29) is 18.7 Å². The number of esters is 1. The first-order valence-electron chi connectivity index (χ1n) is 5.60. The fourth-order valence-electron chi connectivity index (χ4n) is 1.68. The van der Waals surface area contributed by atoms with Crippen molar-refractivity contribution >= 4 is 5.97 Å². The minimum Gasteiger partial charge on any atom is -0.464 e. The van der Waals surface area contributed by atoms with E-state index in [1.807, 2.05) is 6.92 Å². The lowest BCUT2D eigenvalue weighted by Gasteiger charge is -2.21. The number of rotatable bonds is 5. The Morgan fingerprint density at radius 1 is 1.29 bits per heavy atom. The molecule has 1 rings (SSSR count). The fourth-order valence-corrected chi connectivity index (χ4v) is 1.68. The molecule has 82 valence electrons. The van der Waals surface area contributed by atoms with Crippen LogP contribution in [0.1, 0.15) is 45.4 Å². The predicted octanol–water partition coefficient (Wildman–Crippen LogP) is 2.29. The Labute approximate surface area is 85.8 Å². The molecule has 0 bridgehead atoms. The summed E-state index contributed by atoms with van der Waals surface area (Å²) >= 11 is 0. The van der Waals surface area contributed by atoms with Crippen LogP contribution in [0.4, 0.5) is 0 Å². The standard InChI is InChI=1S/C11H20O3/c1-2-8-13-11(12)9-14-10-6-4-3-5-7-10/h10H,2-9H2,1H3. The molecule has 0 aromatic carbocycles. The first kappa shape index (κ1) is 11.5. The molecule has 3 nitrogen and oxygen atoms in total. The highest BCUT2D eigenvalue weighted by molar-refractivity contribution is 5.70. The predicted molar refractivity (Wildman–Crippen MR) is 54.1 cm³/mol. The van der Waals surface area contributed by atoms with Gasteiger partial charge in [-0.15, -0.1) is 0 Å². The zero-order valence-corrected chi connectivity index (χ0v) is 8.96. The van der Waals surface area contributed by atoms with Gasteiger partial charge in [-0.05, 0) is 19.3 Å². The van der Waals surface area contributed by atoms with Crippen LogP contribution in [-0.4, -0.2) is 25.3 Å². The van der Waals surface area contributed by atoms with Gasteiger partial charge in [0.15, 0.2) is 0 Å². The van der Waals surface area contributed by atoms with E-state index in [0.29, 0.717) is 6.61 Å². The number of carbonyl (C=O) groups excluding carboxylic acids is 1. The topological polar surface area (TPSA) is 35.5 Å². The number of carbonyl (C=O) groups is 1. The summed E-state index contributed by atoms with van der Waals surface area (Å²) in [5, 5.41) is 0. The summed E-state index contributed by atoms with van der Waals surface area (Å²) in [6.45, 7) is 2.62. The van der Waals surface area contributed by atoms with Gasteiger partial charge in [-0.2, -0.15) is 0 Å². The Balaban J connectivity index is 2.03. The van der Waals surface area contributed by atoms with Crippen LogP contribution >= 0.6 is 0 Å². The molecule has 3 heteroatoms. The Hall–Kier alpha value is -0.570. The van der Waals surface area contributed by atoms with Crippen LogP contribution in [0, 0.1) is 0 Å². The molecule has 0 aliphatic heterocycles. The lowest BCUT2D eigenvalue weighted by Crippen LogP contribution is -2.22. The maximum atomic E-state index is 11.1. The van der Waals surface area contributed by atoms with Crippen molar-refractivity contribution in [1.29, 1.82) is 0 Å². The summed E-state index contributed by atoms with van der Waals surface area (Å²) in [4.78, 5) is 11.1. The quantitative estimate of drug-likeness (QED) is 0.639. The summed E-state index contributed by atoms with van der Waals surface area (Å²) in [6.07, 6.45) is 7.12. The van der Waals surface area contributed by atoms with E-state index < -0.39 is 0 Å². The maximum Gasteiger partial charge on any atom is 0.332 e. The lowest BCUT2D eigenvalue weighted by atomic mass is 9.98. The normalized spacial score (nSPS) is 18.1. The highest BCUT2D eigenvalue weighted by Gasteiger charge is 2.15. The third kappa shape index (κ3) is 4.61. The second-order valence-electron chi connectivity index (χ2n) is 3.79. The van der Waals surface area contributed by atoms with Crippen molar-refractivity contribution in [2.75, 3.05) is 13.2 Å². The van der Waals surface area contributed by atoms with Crippen molar-refractivity contribution in [2.24, 2.45) is 0 Å². The minimum absolute atomic E-state index is 0.130. The summed E-state index contributed by atoms with van der Waals surface area (Å²) in [5.41, 5.74) is 0. The van der Waals surface area contributed by atoms with Gasteiger partial charge < -0.3 is 9.47 Å². The Morgan fingerprint density at radius 2 is 2.00 bits per heavy atom. The summed E-state index contributed by atoms with van der Waals surface area (Å²) < 4.78 is 10.4. The molecular formula is C11H20O3. The molecule has 0 unspecified atom stereocenters. The van der Waals surface area contributed by atoms with E-state index in [4.69, 9.17) is 9.47 Å². The first-order chi connectivity index (χ1) is 6.83. The molecule has 0 N–H and O–H groups in total. The zero-order chi connectivity index (χ0) is 10.2. The molecule has 14 heavy (non-hydrogen) atoms. The summed E-state index contributed by atoms with van der Waals surface area (Å²) in [6, 6.07) is 0. The van der Waals surface area contributed by atoms with Gasteiger partial charge in [0, 0.05) is 0 Å². The van der Waals surface area contributed by atoms with Gasteiger partial charge in [-0.3, -0.25) is 0 Å². The monoisotopic (exact) mass is 200 g/mol. The molecule has 1 saturated carbocycles. The second kappa shape index (κ2) is 6.82. The van der Waals surface area contributed by atoms with Gasteiger partial charge in [0.2, 0.25) is 0 Å². The van der Waals surface area contributed by atoms with E-state index in [9.17, 15) is 4.79 Å². The summed E-state index contributed by atoms with van der Waals surface area (Å²) in [5.74, 6) is -0.225. The van der Waals surface area contributed by atoms with Gasteiger partial charge in [-0.1, -0.05) is 26.2 Å². The van der Waals surface area contributed by atoms with E-state index in [2.05, 4.69) is 0 Å². The van der Waals surface area contributed by atoms with Crippen LogP contribution in [0.5, 0.6) is 0 Å². The van der Waals surface area contributed by atoms with Gasteiger partial charge >= 0.3 is 5.97 Å². The zero-order valence-electron chi connectivity index (χ0n) is 8.96. The van der Waals surface area contributed by atoms with E-state index >= 15 is 0 Å². The molecular weight excluding hydrogens is 180 g/mol. The average molecular weight is 200 g/mol. The Kier molecular flexibility index (Phi) is 5.60. The molecule has 0 aromatic heterocycles. The van der Waals surface area contributed by atoms with E-state index in [0.717, 1.165) is 19.3 Å². The van der Waals surface area contributed by atoms with Crippen LogP contribution in [-0.2, 0) is 14.3 Å². The molecule has 1 aliphatic rings. The van der Waals surface area contributed by atoms with Crippen LogP contribution < -0.4 is 0 Å². The van der Waals surface area contributed by atoms with E-state index in [1.54, 1.807) is 0 Å². The van der Waals surface area contributed by atoms with Gasteiger partial charge in [0.05, 0.1) is 12.7 Å². The highest BCUT2D eigenvalue weighted by Crippen LogP contribution is 2.19. The molecule has 0 spiro atoms. The van der Waals surface area contributed by atoms with Crippen molar-refractivity contribution in [3.8, 4) is 0 Å². The first-order valence-corrected chi connectivity index (χ1v) is 5.60. The van der Waals surface area contributed by atoms with Gasteiger partial charge in [0.1, 0.15) is 6.61 Å². The van der Waals surface area contributed by atoms with E-state index in [1.165, 1.54) is 19.3 Å². The maximum absolute atomic E-state index is 11.1. The molecule has 0 heterocycles. The van der Waals surface area contributed by atoms with Crippen molar-refractivity contribution in [3.05, 3.63) is 0 Å². The van der Waals surface area contributed by atoms with Crippen molar-refractivity contribution in [3.63, 3.8) is 0 Å². The smallest absolute Gasteiger partial charge is 0.332 e. The van der Waals surface area contributed by atoms with Gasteiger partial charge in [0.25, 0.3) is 0 Å². The fraction of sp³-hybridized carbons (Fsp3) is 0.909. The third-order valence-electron chi connectivity index (χ3n) is 2.46. The van der Waals surface area contributed by atoms with Gasteiger partial charge in [-0.25, -0.2) is 4.79 Å². The summed E-state index contributed by atoms with van der Waals surface area (Å²) in [7, 11) is 0. The SMILES string of the molecule is CCCOC(=O)COC1CCCCC1. The number of hydrogen-bond donors (Lipinski definition) is 0. The molecule has 0 amide bonds. The second-order valence-corrected chi connectivity index (χ2v) is 3.79. The molecule has 0 atom stereocenters. The molecule has 0 radical (unpaired) electrons. The van der Waals surface area contributed by atoms with Crippen molar-refractivity contribution < 1.29 is 14.3 Å². The lowest BCUT2D eigenvalue weighted by molar-refractivity contribution is -0.151. The molecule has 0 aromatic rings. The Morgan fingerprint density at radius 3 is 2.64 bits per heavy atom. The molecule has 0 saturated heterocycles. The highest BCUT2D eigenvalue weighted by atomic mass is 16.6. The average Bonchev–Trinajstić information content (AvgIpc) is 2.25. The Bertz CT molecular complexity index is 162. The van der Waals surface area contributed by atoms with Crippen LogP contribution in [0.2, 0.25) is 0 Å². The number of ether oxygens (including phenoxy) is 2. The molecule has 1 aliphatic carbocycles. The van der Waals surface area contributed by atoms with Crippen LogP contribution in [0.15, 0.2) is 0 Å². The number of hydrogen-bond acceptors (Lipinski definition) is 3. The molecule has 1 fully saturated rings. The third-order valence-corrected chi connectivity index (χ3v) is 2.46. The minimum atomic E-state index is -0.225. The van der Waals surface area contributed by atoms with Crippen LogP contribution in [0.25, 0.3) is 0 Å².